The van der Waals surface area contributed by atoms with Crippen molar-refractivity contribution in [1.82, 2.24) is 5.32 Å². The molecular formula is C16H25NO3S. The van der Waals surface area contributed by atoms with Gasteiger partial charge in [-0.15, -0.1) is 11.8 Å². The van der Waals surface area contributed by atoms with E-state index in [2.05, 4.69) is 17.6 Å². The van der Waals surface area contributed by atoms with Crippen LogP contribution in [0.4, 0.5) is 0 Å². The number of hydrogen-bond acceptors (Lipinski definition) is 5. The summed E-state index contributed by atoms with van der Waals surface area (Å²) in [6.45, 7) is 3.73. The van der Waals surface area contributed by atoms with Gasteiger partial charge in [-0.3, -0.25) is 0 Å². The van der Waals surface area contributed by atoms with Gasteiger partial charge in [-0.25, -0.2) is 0 Å². The second-order valence-corrected chi connectivity index (χ2v) is 6.06. The van der Waals surface area contributed by atoms with Crippen LogP contribution < -0.4 is 14.8 Å². The van der Waals surface area contributed by atoms with Gasteiger partial charge in [0.25, 0.3) is 0 Å². The highest BCUT2D eigenvalue weighted by molar-refractivity contribution is 7.98. The molecule has 5 heteroatoms. The molecule has 0 aliphatic carbocycles. The van der Waals surface area contributed by atoms with Gasteiger partial charge >= 0.3 is 0 Å². The largest absolute Gasteiger partial charge is 0.493 e. The summed E-state index contributed by atoms with van der Waals surface area (Å²) in [7, 11) is 3.34. The topological polar surface area (TPSA) is 39.7 Å². The molecule has 1 N–H and O–H groups in total. The van der Waals surface area contributed by atoms with Crippen molar-refractivity contribution in [3.63, 3.8) is 0 Å². The van der Waals surface area contributed by atoms with E-state index in [1.54, 1.807) is 26.0 Å². The van der Waals surface area contributed by atoms with Crippen molar-refractivity contribution >= 4 is 11.8 Å². The maximum atomic E-state index is 5.40. The van der Waals surface area contributed by atoms with E-state index < -0.39 is 0 Å². The third-order valence-electron chi connectivity index (χ3n) is 3.86. The summed E-state index contributed by atoms with van der Waals surface area (Å²) >= 11 is 1.73. The third kappa shape index (κ3) is 4.53. The van der Waals surface area contributed by atoms with E-state index in [1.165, 1.54) is 23.3 Å². The van der Waals surface area contributed by atoms with Gasteiger partial charge in [-0.1, -0.05) is 0 Å². The predicted molar refractivity (Wildman–Crippen MR) is 86.6 cm³/mol. The van der Waals surface area contributed by atoms with Gasteiger partial charge < -0.3 is 19.5 Å². The number of nitrogens with one attached hydrogen (secondary N) is 1. The van der Waals surface area contributed by atoms with Gasteiger partial charge in [0, 0.05) is 24.7 Å². The van der Waals surface area contributed by atoms with E-state index >= 15 is 0 Å². The van der Waals surface area contributed by atoms with Crippen molar-refractivity contribution in [2.24, 2.45) is 5.92 Å². The first-order valence-corrected chi connectivity index (χ1v) is 8.58. The van der Waals surface area contributed by atoms with Crippen LogP contribution in [0.15, 0.2) is 17.0 Å². The maximum absolute atomic E-state index is 5.40. The molecule has 4 nitrogen and oxygen atoms in total. The quantitative estimate of drug-likeness (QED) is 0.590. The van der Waals surface area contributed by atoms with E-state index in [-0.39, 0.29) is 0 Å². The fourth-order valence-corrected chi connectivity index (χ4v) is 3.19. The predicted octanol–water partition coefficient (Wildman–Crippen LogP) is 2.94. The van der Waals surface area contributed by atoms with Crippen molar-refractivity contribution in [3.05, 3.63) is 17.7 Å². The lowest BCUT2D eigenvalue weighted by Gasteiger charge is -2.15. The molecule has 0 bridgehead atoms. The summed E-state index contributed by atoms with van der Waals surface area (Å²) in [6, 6.07) is 4.11. The molecule has 1 atom stereocenters. The van der Waals surface area contributed by atoms with Crippen LogP contribution in [0.2, 0.25) is 0 Å². The van der Waals surface area contributed by atoms with Gasteiger partial charge in [0.15, 0.2) is 11.5 Å². The fourth-order valence-electron chi connectivity index (χ4n) is 2.57. The standard InChI is InChI=1S/C16H25NO3S/c1-18-14-8-13(16(21-3)9-15(14)19-2)10-17-6-4-12-5-7-20-11-12/h8-9,12,17H,4-7,10-11H2,1-3H3. The zero-order chi connectivity index (χ0) is 15.1. The highest BCUT2D eigenvalue weighted by Crippen LogP contribution is 2.34. The molecule has 1 unspecified atom stereocenters. The lowest BCUT2D eigenvalue weighted by Crippen LogP contribution is -2.18. The summed E-state index contributed by atoms with van der Waals surface area (Å²) in [5.74, 6) is 2.30. The van der Waals surface area contributed by atoms with E-state index in [1.807, 2.05) is 6.07 Å². The SMILES string of the molecule is COc1cc(CNCCC2CCOC2)c(SC)cc1OC. The normalized spacial score (nSPS) is 18.0. The zero-order valence-electron chi connectivity index (χ0n) is 13.1. The molecule has 0 radical (unpaired) electrons. The second-order valence-electron chi connectivity index (χ2n) is 5.21. The molecule has 118 valence electrons. The number of rotatable bonds is 8. The van der Waals surface area contributed by atoms with Gasteiger partial charge in [0.2, 0.25) is 0 Å². The first-order valence-electron chi connectivity index (χ1n) is 7.35. The van der Waals surface area contributed by atoms with Crippen LogP contribution in [-0.2, 0) is 11.3 Å². The highest BCUT2D eigenvalue weighted by Gasteiger charge is 2.15. The van der Waals surface area contributed by atoms with E-state index in [4.69, 9.17) is 14.2 Å². The summed E-state index contributed by atoms with van der Waals surface area (Å²) in [6.07, 6.45) is 4.47. The molecule has 0 spiro atoms. The van der Waals surface area contributed by atoms with Crippen LogP contribution in [0.3, 0.4) is 0 Å². The Labute approximate surface area is 131 Å². The Morgan fingerprint density at radius 3 is 2.67 bits per heavy atom. The molecule has 0 amide bonds. The lowest BCUT2D eigenvalue weighted by molar-refractivity contribution is 0.184. The molecule has 1 aliphatic heterocycles. The summed E-state index contributed by atoms with van der Waals surface area (Å²) in [5.41, 5.74) is 1.25. The number of hydrogen-bond donors (Lipinski definition) is 1. The molecule has 2 rings (SSSR count). The molecule has 1 heterocycles. The van der Waals surface area contributed by atoms with Crippen molar-refractivity contribution in [2.45, 2.75) is 24.3 Å². The van der Waals surface area contributed by atoms with E-state index in [9.17, 15) is 0 Å². The van der Waals surface area contributed by atoms with E-state index in [0.29, 0.717) is 0 Å². The average Bonchev–Trinajstić information content (AvgIpc) is 3.04. The molecule has 1 aromatic carbocycles. The van der Waals surface area contributed by atoms with Crippen molar-refractivity contribution < 1.29 is 14.2 Å². The minimum absolute atomic E-state index is 0.725. The monoisotopic (exact) mass is 311 g/mol. The van der Waals surface area contributed by atoms with Crippen LogP contribution >= 0.6 is 11.8 Å². The molecule has 0 saturated carbocycles. The molecule has 1 saturated heterocycles. The van der Waals surface area contributed by atoms with Crippen molar-refractivity contribution in [2.75, 3.05) is 40.2 Å². The number of ether oxygens (including phenoxy) is 3. The minimum Gasteiger partial charge on any atom is -0.493 e. The summed E-state index contributed by atoms with van der Waals surface area (Å²) < 4.78 is 16.1. The molecule has 1 aliphatic rings. The van der Waals surface area contributed by atoms with Gasteiger partial charge in [0.1, 0.15) is 0 Å². The van der Waals surface area contributed by atoms with Crippen molar-refractivity contribution in [1.29, 1.82) is 0 Å². The van der Waals surface area contributed by atoms with Crippen LogP contribution in [0.25, 0.3) is 0 Å². The number of thioether (sulfide) groups is 1. The fraction of sp³-hybridized carbons (Fsp3) is 0.625. The minimum atomic E-state index is 0.725. The first kappa shape index (κ1) is 16.5. The Kier molecular flexibility index (Phi) is 6.67. The molecule has 1 aromatic rings. The lowest BCUT2D eigenvalue weighted by atomic mass is 10.1. The van der Waals surface area contributed by atoms with Crippen LogP contribution in [0, 0.1) is 5.92 Å². The number of methoxy groups -OCH3 is 2. The summed E-state index contributed by atoms with van der Waals surface area (Å²) in [5, 5.41) is 3.53. The molecule has 1 fully saturated rings. The average molecular weight is 311 g/mol. The maximum Gasteiger partial charge on any atom is 0.161 e. The molecule has 0 aromatic heterocycles. The third-order valence-corrected chi connectivity index (χ3v) is 4.68. The smallest absolute Gasteiger partial charge is 0.161 e. The Bertz CT molecular complexity index is 447. The molecular weight excluding hydrogens is 286 g/mol. The zero-order valence-corrected chi connectivity index (χ0v) is 13.9. The van der Waals surface area contributed by atoms with Gasteiger partial charge in [-0.2, -0.15) is 0 Å². The van der Waals surface area contributed by atoms with Gasteiger partial charge in [0.05, 0.1) is 14.2 Å². The Hall–Kier alpha value is -0.910. The summed E-state index contributed by atoms with van der Waals surface area (Å²) in [4.78, 5) is 1.23. The Morgan fingerprint density at radius 1 is 1.29 bits per heavy atom. The highest BCUT2D eigenvalue weighted by atomic mass is 32.2. The molecule has 21 heavy (non-hydrogen) atoms. The van der Waals surface area contributed by atoms with E-state index in [0.717, 1.165) is 43.7 Å². The van der Waals surface area contributed by atoms with Crippen LogP contribution in [0.5, 0.6) is 11.5 Å². The second kappa shape index (κ2) is 8.51. The van der Waals surface area contributed by atoms with Crippen LogP contribution in [0.1, 0.15) is 18.4 Å². The Morgan fingerprint density at radius 2 is 2.05 bits per heavy atom. The number of benzene rings is 1. The van der Waals surface area contributed by atoms with Crippen molar-refractivity contribution in [3.8, 4) is 11.5 Å². The Balaban J connectivity index is 1.91. The first-order chi connectivity index (χ1) is 10.3. The van der Waals surface area contributed by atoms with Crippen LogP contribution in [-0.4, -0.2) is 40.2 Å². The van der Waals surface area contributed by atoms with Gasteiger partial charge in [-0.05, 0) is 49.3 Å².